The van der Waals surface area contributed by atoms with E-state index in [1.807, 2.05) is 25.1 Å². The number of carbonyl (C=O) groups is 1. The predicted molar refractivity (Wildman–Crippen MR) is 107 cm³/mol. The number of halogens is 4. The lowest BCUT2D eigenvalue weighted by atomic mass is 10.1. The quantitative estimate of drug-likeness (QED) is 0.552. The molecule has 0 saturated carbocycles. The molecule has 1 heterocycles. The van der Waals surface area contributed by atoms with E-state index >= 15 is 0 Å². The number of benzene rings is 2. The number of rotatable bonds is 4. The SMILES string of the molecule is Cc1ccc(Cn2nc(C(=O)O)cc2-c2ccc(Cl)c(Cl)c2)cc1Cl.Cl. The lowest BCUT2D eigenvalue weighted by Gasteiger charge is -2.09. The van der Waals surface area contributed by atoms with Crippen LogP contribution in [0.25, 0.3) is 11.3 Å². The van der Waals surface area contributed by atoms with Gasteiger partial charge in [-0.05, 0) is 42.3 Å². The summed E-state index contributed by atoms with van der Waals surface area (Å²) in [6, 6.07) is 12.3. The molecular formula is C18H14Cl4N2O2. The summed E-state index contributed by atoms with van der Waals surface area (Å²) in [5.41, 5.74) is 3.21. The summed E-state index contributed by atoms with van der Waals surface area (Å²) in [5, 5.41) is 14.9. The number of hydrogen-bond donors (Lipinski definition) is 1. The summed E-state index contributed by atoms with van der Waals surface area (Å²) in [6.07, 6.45) is 0. The number of aromatic carboxylic acids is 1. The Kier molecular flexibility index (Phi) is 6.58. The summed E-state index contributed by atoms with van der Waals surface area (Å²) < 4.78 is 1.62. The Labute approximate surface area is 171 Å². The number of carboxylic acid groups (broad SMARTS) is 1. The fourth-order valence-corrected chi connectivity index (χ4v) is 2.94. The van der Waals surface area contributed by atoms with Gasteiger partial charge in [0.05, 0.1) is 22.3 Å². The van der Waals surface area contributed by atoms with Crippen molar-refractivity contribution in [3.63, 3.8) is 0 Å². The van der Waals surface area contributed by atoms with E-state index in [1.54, 1.807) is 22.9 Å². The Morgan fingerprint density at radius 2 is 1.77 bits per heavy atom. The van der Waals surface area contributed by atoms with Gasteiger partial charge in [0.25, 0.3) is 0 Å². The van der Waals surface area contributed by atoms with Gasteiger partial charge in [-0.15, -0.1) is 12.4 Å². The van der Waals surface area contributed by atoms with E-state index in [9.17, 15) is 9.90 Å². The molecule has 0 radical (unpaired) electrons. The maximum Gasteiger partial charge on any atom is 0.356 e. The van der Waals surface area contributed by atoms with E-state index in [-0.39, 0.29) is 18.1 Å². The van der Waals surface area contributed by atoms with Gasteiger partial charge in [0.2, 0.25) is 0 Å². The van der Waals surface area contributed by atoms with Crippen LogP contribution in [-0.4, -0.2) is 20.9 Å². The average molecular weight is 432 g/mol. The van der Waals surface area contributed by atoms with Crippen molar-refractivity contribution in [3.05, 3.63) is 74.4 Å². The second-order valence-corrected chi connectivity index (χ2v) is 6.81. The fraction of sp³-hybridized carbons (Fsp3) is 0.111. The zero-order valence-corrected chi connectivity index (χ0v) is 16.6. The summed E-state index contributed by atoms with van der Waals surface area (Å²) in [4.78, 5) is 11.3. The van der Waals surface area contributed by atoms with Crippen LogP contribution in [0.2, 0.25) is 15.1 Å². The summed E-state index contributed by atoms with van der Waals surface area (Å²) in [7, 11) is 0. The third kappa shape index (κ3) is 4.33. The smallest absolute Gasteiger partial charge is 0.356 e. The molecule has 136 valence electrons. The zero-order chi connectivity index (χ0) is 18.1. The molecule has 4 nitrogen and oxygen atoms in total. The van der Waals surface area contributed by atoms with E-state index < -0.39 is 5.97 Å². The van der Waals surface area contributed by atoms with Crippen LogP contribution in [0.15, 0.2) is 42.5 Å². The molecule has 0 spiro atoms. The molecule has 0 saturated heterocycles. The van der Waals surface area contributed by atoms with E-state index in [0.717, 1.165) is 16.7 Å². The molecule has 0 amide bonds. The first-order valence-electron chi connectivity index (χ1n) is 7.37. The molecule has 8 heteroatoms. The Morgan fingerprint density at radius 3 is 2.38 bits per heavy atom. The van der Waals surface area contributed by atoms with Gasteiger partial charge >= 0.3 is 5.97 Å². The van der Waals surface area contributed by atoms with Crippen LogP contribution >= 0.6 is 47.2 Å². The minimum atomic E-state index is -1.10. The van der Waals surface area contributed by atoms with Gasteiger partial charge in [-0.3, -0.25) is 4.68 Å². The number of hydrogen-bond acceptors (Lipinski definition) is 2. The highest BCUT2D eigenvalue weighted by Crippen LogP contribution is 2.29. The highest BCUT2D eigenvalue weighted by molar-refractivity contribution is 6.42. The average Bonchev–Trinajstić information content (AvgIpc) is 2.98. The molecule has 0 aliphatic heterocycles. The van der Waals surface area contributed by atoms with Crippen molar-refractivity contribution in [2.75, 3.05) is 0 Å². The van der Waals surface area contributed by atoms with Crippen molar-refractivity contribution in [1.82, 2.24) is 9.78 Å². The molecular weight excluding hydrogens is 418 g/mol. The Hall–Kier alpha value is -1.72. The number of aryl methyl sites for hydroxylation is 1. The first-order valence-corrected chi connectivity index (χ1v) is 8.50. The topological polar surface area (TPSA) is 55.1 Å². The standard InChI is InChI=1S/C18H13Cl3N2O2.ClH/c1-10-2-3-11(6-14(10)20)9-23-17(8-16(22-23)18(24)25)12-4-5-13(19)15(21)7-12;/h2-8H,9H2,1H3,(H,24,25);1H. The first kappa shape index (κ1) is 20.6. The van der Waals surface area contributed by atoms with Gasteiger partial charge in [-0.2, -0.15) is 5.10 Å². The molecule has 1 N–H and O–H groups in total. The molecule has 2 aromatic carbocycles. The van der Waals surface area contributed by atoms with E-state index in [0.29, 0.717) is 27.3 Å². The maximum atomic E-state index is 11.3. The van der Waals surface area contributed by atoms with Crippen LogP contribution in [0.4, 0.5) is 0 Å². The number of nitrogens with zero attached hydrogens (tertiary/aromatic N) is 2. The third-order valence-electron chi connectivity index (χ3n) is 3.78. The van der Waals surface area contributed by atoms with Crippen molar-refractivity contribution >= 4 is 53.2 Å². The maximum absolute atomic E-state index is 11.3. The molecule has 1 aromatic heterocycles. The largest absolute Gasteiger partial charge is 0.476 e. The van der Waals surface area contributed by atoms with Gasteiger partial charge in [0.15, 0.2) is 5.69 Å². The number of carboxylic acids is 1. The lowest BCUT2D eigenvalue weighted by Crippen LogP contribution is -2.06. The molecule has 26 heavy (non-hydrogen) atoms. The molecule has 0 unspecified atom stereocenters. The fourth-order valence-electron chi connectivity index (χ4n) is 2.44. The van der Waals surface area contributed by atoms with Crippen molar-refractivity contribution in [2.45, 2.75) is 13.5 Å². The van der Waals surface area contributed by atoms with Crippen LogP contribution in [0.5, 0.6) is 0 Å². The second-order valence-electron chi connectivity index (χ2n) is 5.59. The minimum absolute atomic E-state index is 0. The summed E-state index contributed by atoms with van der Waals surface area (Å²) in [6.45, 7) is 2.30. The molecule has 3 rings (SSSR count). The van der Waals surface area contributed by atoms with Crippen LogP contribution in [0, 0.1) is 6.92 Å². The molecule has 0 aliphatic rings. The summed E-state index contributed by atoms with van der Waals surface area (Å²) in [5.74, 6) is -1.10. The van der Waals surface area contributed by atoms with Gasteiger partial charge in [-0.1, -0.05) is 53.0 Å². The predicted octanol–water partition coefficient (Wildman–Crippen LogP) is 5.99. The van der Waals surface area contributed by atoms with E-state index in [1.165, 1.54) is 6.07 Å². The van der Waals surface area contributed by atoms with Gasteiger partial charge in [0.1, 0.15) is 0 Å². The first-order chi connectivity index (χ1) is 11.8. The molecule has 0 atom stereocenters. The summed E-state index contributed by atoms with van der Waals surface area (Å²) >= 11 is 18.2. The van der Waals surface area contributed by atoms with Crippen LogP contribution < -0.4 is 0 Å². The van der Waals surface area contributed by atoms with Crippen LogP contribution in [0.3, 0.4) is 0 Å². The van der Waals surface area contributed by atoms with Crippen molar-refractivity contribution in [3.8, 4) is 11.3 Å². The van der Waals surface area contributed by atoms with Crippen molar-refractivity contribution in [2.24, 2.45) is 0 Å². The highest BCUT2D eigenvalue weighted by Gasteiger charge is 2.16. The monoisotopic (exact) mass is 430 g/mol. The molecule has 3 aromatic rings. The van der Waals surface area contributed by atoms with Gasteiger partial charge in [0, 0.05) is 10.6 Å². The Morgan fingerprint density at radius 1 is 1.04 bits per heavy atom. The molecule has 0 fully saturated rings. The normalized spacial score (nSPS) is 10.5. The van der Waals surface area contributed by atoms with Crippen LogP contribution in [-0.2, 0) is 6.54 Å². The highest BCUT2D eigenvalue weighted by atomic mass is 35.5. The van der Waals surface area contributed by atoms with Crippen molar-refractivity contribution in [1.29, 1.82) is 0 Å². The van der Waals surface area contributed by atoms with Gasteiger partial charge < -0.3 is 5.11 Å². The zero-order valence-electron chi connectivity index (χ0n) is 13.5. The molecule has 0 bridgehead atoms. The minimum Gasteiger partial charge on any atom is -0.476 e. The van der Waals surface area contributed by atoms with Crippen LogP contribution in [0.1, 0.15) is 21.6 Å². The molecule has 0 aliphatic carbocycles. The second kappa shape index (κ2) is 8.31. The van der Waals surface area contributed by atoms with E-state index in [2.05, 4.69) is 5.10 Å². The number of aromatic nitrogens is 2. The van der Waals surface area contributed by atoms with E-state index in [4.69, 9.17) is 34.8 Å². The third-order valence-corrected chi connectivity index (χ3v) is 4.93. The Bertz CT molecular complexity index is 970. The Balaban J connectivity index is 0.00000243. The van der Waals surface area contributed by atoms with Crippen molar-refractivity contribution < 1.29 is 9.90 Å². The lowest BCUT2D eigenvalue weighted by molar-refractivity contribution is 0.0689. The van der Waals surface area contributed by atoms with Gasteiger partial charge in [-0.25, -0.2) is 4.79 Å².